The second kappa shape index (κ2) is 7.29. The highest BCUT2D eigenvalue weighted by Gasteiger charge is 2.07. The van der Waals surface area contributed by atoms with E-state index < -0.39 is 0 Å². The summed E-state index contributed by atoms with van der Waals surface area (Å²) >= 11 is 1.36. The number of carbonyl (C=O) groups is 1. The van der Waals surface area contributed by atoms with Crippen molar-refractivity contribution in [3.63, 3.8) is 0 Å². The molecule has 94 valence electrons. The molecule has 0 aromatic heterocycles. The lowest BCUT2D eigenvalue weighted by Crippen LogP contribution is -2.13. The van der Waals surface area contributed by atoms with Crippen LogP contribution < -0.4 is 5.32 Å². The number of hydrogen-bond donors (Lipinski definition) is 1. The topological polar surface area (TPSA) is 38.3 Å². The average Bonchev–Trinajstić information content (AvgIpc) is 2.34. The maximum atomic E-state index is 13.1. The van der Waals surface area contributed by atoms with Crippen LogP contribution in [0.25, 0.3) is 0 Å². The van der Waals surface area contributed by atoms with Gasteiger partial charge in [-0.2, -0.15) is 0 Å². The molecule has 0 aliphatic heterocycles. The fourth-order valence-electron chi connectivity index (χ4n) is 1.28. The van der Waals surface area contributed by atoms with Crippen LogP contribution in [0.1, 0.15) is 12.5 Å². The van der Waals surface area contributed by atoms with Crippen molar-refractivity contribution < 1.29 is 13.9 Å². The van der Waals surface area contributed by atoms with Gasteiger partial charge in [0.05, 0.1) is 12.9 Å². The third-order valence-corrected chi connectivity index (χ3v) is 3.25. The van der Waals surface area contributed by atoms with E-state index in [0.29, 0.717) is 6.54 Å². The number of rotatable bonds is 6. The molecule has 0 fully saturated rings. The van der Waals surface area contributed by atoms with Crippen molar-refractivity contribution in [2.45, 2.75) is 18.4 Å². The number of methoxy groups -OCH3 is 1. The summed E-state index contributed by atoms with van der Waals surface area (Å²) in [5.41, 5.74) is 0.862. The summed E-state index contributed by atoms with van der Waals surface area (Å²) in [4.78, 5) is 11.9. The molecule has 17 heavy (non-hydrogen) atoms. The van der Waals surface area contributed by atoms with Crippen LogP contribution in [-0.4, -0.2) is 25.4 Å². The molecule has 3 nitrogen and oxygen atoms in total. The predicted molar refractivity (Wildman–Crippen MR) is 66.5 cm³/mol. The van der Waals surface area contributed by atoms with Crippen LogP contribution in [0.15, 0.2) is 23.1 Å². The highest BCUT2D eigenvalue weighted by Crippen LogP contribution is 2.23. The van der Waals surface area contributed by atoms with Crippen molar-refractivity contribution >= 4 is 17.7 Å². The maximum absolute atomic E-state index is 13.1. The van der Waals surface area contributed by atoms with Gasteiger partial charge in [-0.3, -0.25) is 4.79 Å². The summed E-state index contributed by atoms with van der Waals surface area (Å²) in [7, 11) is 1.35. The molecule has 0 atom stereocenters. The van der Waals surface area contributed by atoms with Gasteiger partial charge in [0, 0.05) is 11.4 Å². The number of nitrogens with one attached hydrogen (secondary N) is 1. The molecule has 5 heteroatoms. The molecule has 0 aliphatic rings. The molecule has 0 radical (unpaired) electrons. The first-order valence-electron chi connectivity index (χ1n) is 5.36. The molecule has 1 rings (SSSR count). The fraction of sp³-hybridized carbons (Fsp3) is 0.417. The van der Waals surface area contributed by atoms with Gasteiger partial charge in [-0.1, -0.05) is 6.92 Å². The maximum Gasteiger partial charge on any atom is 0.315 e. The summed E-state index contributed by atoms with van der Waals surface area (Å²) in [5.74, 6) is -0.310. The van der Waals surface area contributed by atoms with Crippen molar-refractivity contribution in [2.75, 3.05) is 19.4 Å². The molecular weight excluding hydrogens is 241 g/mol. The first kappa shape index (κ1) is 14.0. The Morgan fingerprint density at radius 2 is 2.29 bits per heavy atom. The average molecular weight is 257 g/mol. The van der Waals surface area contributed by atoms with Crippen LogP contribution in [0, 0.1) is 5.82 Å². The quantitative estimate of drug-likeness (QED) is 0.626. The number of benzene rings is 1. The Hall–Kier alpha value is -1.07. The van der Waals surface area contributed by atoms with Gasteiger partial charge in [-0.05, 0) is 30.3 Å². The monoisotopic (exact) mass is 257 g/mol. The molecule has 1 aromatic carbocycles. The fourth-order valence-corrected chi connectivity index (χ4v) is 2.15. The van der Waals surface area contributed by atoms with E-state index in [9.17, 15) is 9.18 Å². The van der Waals surface area contributed by atoms with E-state index in [0.717, 1.165) is 17.0 Å². The molecule has 0 aliphatic carbocycles. The number of hydrogen-bond acceptors (Lipinski definition) is 4. The Kier molecular flexibility index (Phi) is 6.00. The van der Waals surface area contributed by atoms with Gasteiger partial charge in [0.2, 0.25) is 0 Å². The Balaban J connectivity index is 2.71. The number of thioether (sulfide) groups is 1. The van der Waals surface area contributed by atoms with Gasteiger partial charge < -0.3 is 10.1 Å². The number of esters is 1. The molecule has 0 heterocycles. The standard InChI is InChI=1S/C12H16FNO2S/c1-3-14-7-9-6-10(13)4-5-11(9)17-8-12(15)16-2/h4-6,14H,3,7-8H2,1-2H3. The van der Waals surface area contributed by atoms with Crippen molar-refractivity contribution in [3.8, 4) is 0 Å². The lowest BCUT2D eigenvalue weighted by Gasteiger charge is -2.09. The second-order valence-corrected chi connectivity index (χ2v) is 4.41. The smallest absolute Gasteiger partial charge is 0.315 e. The van der Waals surface area contributed by atoms with Crippen molar-refractivity contribution in [1.82, 2.24) is 5.32 Å². The molecule has 0 spiro atoms. The zero-order chi connectivity index (χ0) is 12.7. The predicted octanol–water partition coefficient (Wildman–Crippen LogP) is 2.20. The van der Waals surface area contributed by atoms with Gasteiger partial charge in [-0.25, -0.2) is 4.39 Å². The zero-order valence-electron chi connectivity index (χ0n) is 9.96. The Bertz CT molecular complexity index is 385. The highest BCUT2D eigenvalue weighted by atomic mass is 32.2. The highest BCUT2D eigenvalue weighted by molar-refractivity contribution is 8.00. The van der Waals surface area contributed by atoms with Crippen LogP contribution >= 0.6 is 11.8 Å². The van der Waals surface area contributed by atoms with E-state index in [2.05, 4.69) is 10.1 Å². The molecule has 0 saturated carbocycles. The minimum atomic E-state index is -0.284. The van der Waals surface area contributed by atoms with E-state index >= 15 is 0 Å². The summed E-state index contributed by atoms with van der Waals surface area (Å²) < 4.78 is 17.7. The molecule has 1 N–H and O–H groups in total. The van der Waals surface area contributed by atoms with E-state index in [1.165, 1.54) is 31.0 Å². The second-order valence-electron chi connectivity index (χ2n) is 3.40. The number of halogens is 1. The first-order chi connectivity index (χ1) is 8.17. The molecule has 1 aromatic rings. The molecule has 0 amide bonds. The Morgan fingerprint density at radius 3 is 2.94 bits per heavy atom. The lowest BCUT2D eigenvalue weighted by molar-refractivity contribution is -0.137. The minimum Gasteiger partial charge on any atom is -0.468 e. The number of carbonyl (C=O) groups excluding carboxylic acids is 1. The Labute approximate surface area is 105 Å². The molecule has 0 bridgehead atoms. The lowest BCUT2D eigenvalue weighted by atomic mass is 10.2. The largest absolute Gasteiger partial charge is 0.468 e. The third kappa shape index (κ3) is 4.75. The Morgan fingerprint density at radius 1 is 1.53 bits per heavy atom. The van der Waals surface area contributed by atoms with E-state index in [1.54, 1.807) is 6.07 Å². The minimum absolute atomic E-state index is 0.237. The van der Waals surface area contributed by atoms with Crippen molar-refractivity contribution in [1.29, 1.82) is 0 Å². The van der Waals surface area contributed by atoms with E-state index in [4.69, 9.17) is 0 Å². The van der Waals surface area contributed by atoms with Gasteiger partial charge in [0.1, 0.15) is 5.82 Å². The summed E-state index contributed by atoms with van der Waals surface area (Å²) in [6.45, 7) is 3.40. The third-order valence-electron chi connectivity index (χ3n) is 2.16. The normalized spacial score (nSPS) is 10.3. The SMILES string of the molecule is CCNCc1cc(F)ccc1SCC(=O)OC. The van der Waals surface area contributed by atoms with Gasteiger partial charge in [0.25, 0.3) is 0 Å². The van der Waals surface area contributed by atoms with Crippen molar-refractivity contribution in [3.05, 3.63) is 29.6 Å². The van der Waals surface area contributed by atoms with Crippen molar-refractivity contribution in [2.24, 2.45) is 0 Å². The number of ether oxygens (including phenoxy) is 1. The van der Waals surface area contributed by atoms with Crippen LogP contribution in [-0.2, 0) is 16.1 Å². The van der Waals surface area contributed by atoms with Crippen LogP contribution in [0.2, 0.25) is 0 Å². The first-order valence-corrected chi connectivity index (χ1v) is 6.34. The van der Waals surface area contributed by atoms with Crippen LogP contribution in [0.5, 0.6) is 0 Å². The van der Waals surface area contributed by atoms with Gasteiger partial charge in [-0.15, -0.1) is 11.8 Å². The summed E-state index contributed by atoms with van der Waals surface area (Å²) in [6, 6.07) is 4.58. The summed E-state index contributed by atoms with van der Waals surface area (Å²) in [5, 5.41) is 3.14. The van der Waals surface area contributed by atoms with E-state index in [-0.39, 0.29) is 17.5 Å². The van der Waals surface area contributed by atoms with Crippen LogP contribution in [0.3, 0.4) is 0 Å². The molecule has 0 saturated heterocycles. The molecular formula is C12H16FNO2S. The summed E-state index contributed by atoms with van der Waals surface area (Å²) in [6.07, 6.45) is 0. The van der Waals surface area contributed by atoms with Gasteiger partial charge in [0.15, 0.2) is 0 Å². The van der Waals surface area contributed by atoms with Crippen LogP contribution in [0.4, 0.5) is 4.39 Å². The van der Waals surface area contributed by atoms with Gasteiger partial charge >= 0.3 is 5.97 Å². The zero-order valence-corrected chi connectivity index (χ0v) is 10.8. The van der Waals surface area contributed by atoms with E-state index in [1.807, 2.05) is 6.92 Å². The molecule has 0 unspecified atom stereocenters.